The van der Waals surface area contributed by atoms with Crippen LogP contribution in [-0.2, 0) is 4.79 Å². The number of nitrogens with one attached hydrogen (secondary N) is 2. The highest BCUT2D eigenvalue weighted by Gasteiger charge is 2.08. The van der Waals surface area contributed by atoms with Crippen LogP contribution in [0.15, 0.2) is 0 Å². The van der Waals surface area contributed by atoms with Crippen molar-refractivity contribution in [3.8, 4) is 12.3 Å². The van der Waals surface area contributed by atoms with E-state index in [4.69, 9.17) is 6.42 Å². The number of hydrogen-bond donors (Lipinski definition) is 2. The van der Waals surface area contributed by atoms with Crippen LogP contribution < -0.4 is 5.32 Å². The minimum Gasteiger partial charge on any atom is -0.309 e. The van der Waals surface area contributed by atoms with Gasteiger partial charge in [0.05, 0.1) is 0 Å². The van der Waals surface area contributed by atoms with Gasteiger partial charge < -0.3 is 5.32 Å². The fourth-order valence-corrected chi connectivity index (χ4v) is 1.31. The van der Waals surface area contributed by atoms with Gasteiger partial charge in [-0.2, -0.15) is 5.10 Å². The van der Waals surface area contributed by atoms with Gasteiger partial charge in [0.15, 0.2) is 5.82 Å². The largest absolute Gasteiger partial charge is 0.309 e. The first-order valence-electron chi connectivity index (χ1n) is 5.40. The van der Waals surface area contributed by atoms with Gasteiger partial charge in [0.1, 0.15) is 0 Å². The highest BCUT2D eigenvalue weighted by atomic mass is 16.1. The Morgan fingerprint density at radius 1 is 1.50 bits per heavy atom. The van der Waals surface area contributed by atoms with Crippen LogP contribution in [0.5, 0.6) is 0 Å². The van der Waals surface area contributed by atoms with E-state index in [1.54, 1.807) is 0 Å². The second-order valence-corrected chi connectivity index (χ2v) is 3.78. The molecule has 0 bridgehead atoms. The maximum atomic E-state index is 11.5. The Morgan fingerprint density at radius 2 is 2.25 bits per heavy atom. The van der Waals surface area contributed by atoms with Crippen molar-refractivity contribution in [1.29, 1.82) is 0 Å². The molecule has 4 heteroatoms. The number of nitrogens with zero attached hydrogens (tertiary/aromatic N) is 1. The van der Waals surface area contributed by atoms with Gasteiger partial charge in [-0.25, -0.2) is 0 Å². The number of aromatic amines is 1. The summed E-state index contributed by atoms with van der Waals surface area (Å²) in [6, 6.07) is 0. The summed E-state index contributed by atoms with van der Waals surface area (Å²) in [5.41, 5.74) is 1.96. The molecule has 0 aliphatic carbocycles. The van der Waals surface area contributed by atoms with Crippen LogP contribution in [0.4, 0.5) is 5.82 Å². The van der Waals surface area contributed by atoms with Crippen LogP contribution in [0.1, 0.15) is 36.9 Å². The SMILES string of the molecule is C#CCCCCC(=O)Nc1n[nH]c(C)c1C. The summed E-state index contributed by atoms with van der Waals surface area (Å²) in [7, 11) is 0. The lowest BCUT2D eigenvalue weighted by atomic mass is 10.2. The van der Waals surface area contributed by atoms with Crippen LogP contribution in [0.2, 0.25) is 0 Å². The molecule has 0 atom stereocenters. The zero-order valence-corrected chi connectivity index (χ0v) is 9.76. The smallest absolute Gasteiger partial charge is 0.225 e. The summed E-state index contributed by atoms with van der Waals surface area (Å²) in [5.74, 6) is 3.17. The first kappa shape index (κ1) is 12.3. The van der Waals surface area contributed by atoms with E-state index >= 15 is 0 Å². The summed E-state index contributed by atoms with van der Waals surface area (Å²) >= 11 is 0. The fraction of sp³-hybridized carbons (Fsp3) is 0.500. The van der Waals surface area contributed by atoms with Gasteiger partial charge in [0.2, 0.25) is 5.91 Å². The number of amides is 1. The van der Waals surface area contributed by atoms with E-state index in [-0.39, 0.29) is 5.91 Å². The normalized spacial score (nSPS) is 9.81. The van der Waals surface area contributed by atoms with Crippen molar-refractivity contribution < 1.29 is 4.79 Å². The van der Waals surface area contributed by atoms with E-state index in [2.05, 4.69) is 21.4 Å². The quantitative estimate of drug-likeness (QED) is 0.589. The Morgan fingerprint density at radius 3 is 2.81 bits per heavy atom. The van der Waals surface area contributed by atoms with Gasteiger partial charge in [0.25, 0.3) is 0 Å². The molecular formula is C12H17N3O. The zero-order chi connectivity index (χ0) is 12.0. The molecule has 16 heavy (non-hydrogen) atoms. The zero-order valence-electron chi connectivity index (χ0n) is 9.76. The number of aryl methyl sites for hydroxylation is 1. The maximum absolute atomic E-state index is 11.5. The molecule has 1 heterocycles. The predicted octanol–water partition coefficient (Wildman–Crippen LogP) is 2.16. The number of terminal acetylenes is 1. The number of anilines is 1. The molecule has 1 rings (SSSR count). The van der Waals surface area contributed by atoms with Crippen LogP contribution in [0.25, 0.3) is 0 Å². The van der Waals surface area contributed by atoms with Crippen molar-refractivity contribution in [1.82, 2.24) is 10.2 Å². The molecule has 0 unspecified atom stereocenters. The van der Waals surface area contributed by atoms with E-state index in [1.807, 2.05) is 13.8 Å². The summed E-state index contributed by atoms with van der Waals surface area (Å²) in [4.78, 5) is 11.5. The molecule has 1 amide bonds. The van der Waals surface area contributed by atoms with E-state index in [0.29, 0.717) is 12.2 Å². The third kappa shape index (κ3) is 3.43. The topological polar surface area (TPSA) is 57.8 Å². The second-order valence-electron chi connectivity index (χ2n) is 3.78. The van der Waals surface area contributed by atoms with Gasteiger partial charge in [0, 0.05) is 24.1 Å². The third-order valence-electron chi connectivity index (χ3n) is 2.49. The number of rotatable bonds is 5. The minimum atomic E-state index is -0.00776. The summed E-state index contributed by atoms with van der Waals surface area (Å²) in [6.45, 7) is 3.84. The van der Waals surface area contributed by atoms with Crippen LogP contribution in [0, 0.1) is 26.2 Å². The Balaban J connectivity index is 2.35. The van der Waals surface area contributed by atoms with Gasteiger partial charge in [-0.05, 0) is 26.7 Å². The molecular weight excluding hydrogens is 202 g/mol. The number of hydrogen-bond acceptors (Lipinski definition) is 2. The molecule has 0 saturated carbocycles. The molecule has 0 aliphatic heterocycles. The summed E-state index contributed by atoms with van der Waals surface area (Å²) in [5, 5.41) is 9.61. The molecule has 0 aromatic carbocycles. The average Bonchev–Trinajstić information content (AvgIpc) is 2.56. The standard InChI is InChI=1S/C12H17N3O/c1-4-5-6-7-8-11(16)13-12-9(2)10(3)14-15-12/h1H,5-8H2,2-3H3,(H2,13,14,15,16). The molecule has 1 aromatic rings. The number of carbonyl (C=O) groups excluding carboxylic acids is 1. The Kier molecular flexibility index (Phi) is 4.59. The molecule has 86 valence electrons. The van der Waals surface area contributed by atoms with Crippen molar-refractivity contribution in [3.05, 3.63) is 11.3 Å². The lowest BCUT2D eigenvalue weighted by Gasteiger charge is -2.02. The van der Waals surface area contributed by atoms with Crippen molar-refractivity contribution in [2.75, 3.05) is 5.32 Å². The van der Waals surface area contributed by atoms with E-state index in [0.717, 1.165) is 30.5 Å². The Hall–Kier alpha value is -1.76. The maximum Gasteiger partial charge on any atom is 0.225 e. The monoisotopic (exact) mass is 219 g/mol. The highest BCUT2D eigenvalue weighted by Crippen LogP contribution is 2.14. The predicted molar refractivity (Wildman–Crippen MR) is 64.0 cm³/mol. The van der Waals surface area contributed by atoms with E-state index in [9.17, 15) is 4.79 Å². The molecule has 0 spiro atoms. The number of unbranched alkanes of at least 4 members (excludes halogenated alkanes) is 2. The van der Waals surface area contributed by atoms with Crippen molar-refractivity contribution >= 4 is 11.7 Å². The number of H-pyrrole nitrogens is 1. The average molecular weight is 219 g/mol. The highest BCUT2D eigenvalue weighted by molar-refractivity contribution is 5.90. The van der Waals surface area contributed by atoms with Crippen molar-refractivity contribution in [2.24, 2.45) is 0 Å². The van der Waals surface area contributed by atoms with Gasteiger partial charge in [-0.1, -0.05) is 0 Å². The van der Waals surface area contributed by atoms with E-state index in [1.165, 1.54) is 0 Å². The molecule has 0 aliphatic rings. The Bertz CT molecular complexity index is 401. The third-order valence-corrected chi connectivity index (χ3v) is 2.49. The minimum absolute atomic E-state index is 0.00776. The first-order valence-corrected chi connectivity index (χ1v) is 5.40. The molecule has 4 nitrogen and oxygen atoms in total. The first-order chi connectivity index (χ1) is 7.65. The van der Waals surface area contributed by atoms with E-state index < -0.39 is 0 Å². The molecule has 2 N–H and O–H groups in total. The summed E-state index contributed by atoms with van der Waals surface area (Å²) in [6.07, 6.45) is 8.06. The second kappa shape index (κ2) is 5.96. The summed E-state index contributed by atoms with van der Waals surface area (Å²) < 4.78 is 0. The van der Waals surface area contributed by atoms with Crippen molar-refractivity contribution in [3.63, 3.8) is 0 Å². The fourth-order valence-electron chi connectivity index (χ4n) is 1.31. The number of carbonyl (C=O) groups is 1. The van der Waals surface area contributed by atoms with Gasteiger partial charge in [-0.3, -0.25) is 9.89 Å². The Labute approximate surface area is 95.8 Å². The van der Waals surface area contributed by atoms with Gasteiger partial charge >= 0.3 is 0 Å². The molecule has 0 fully saturated rings. The van der Waals surface area contributed by atoms with Crippen molar-refractivity contribution in [2.45, 2.75) is 39.5 Å². The van der Waals surface area contributed by atoms with Crippen LogP contribution in [-0.4, -0.2) is 16.1 Å². The van der Waals surface area contributed by atoms with Gasteiger partial charge in [-0.15, -0.1) is 12.3 Å². The molecule has 0 saturated heterocycles. The van der Waals surface area contributed by atoms with Crippen LogP contribution >= 0.6 is 0 Å². The number of aromatic nitrogens is 2. The lowest BCUT2D eigenvalue weighted by molar-refractivity contribution is -0.116. The van der Waals surface area contributed by atoms with Crippen LogP contribution in [0.3, 0.4) is 0 Å². The lowest BCUT2D eigenvalue weighted by Crippen LogP contribution is -2.12. The molecule has 1 aromatic heterocycles. The molecule has 0 radical (unpaired) electrons.